The molecule has 0 atom stereocenters. The van der Waals surface area contributed by atoms with Crippen LogP contribution in [0.3, 0.4) is 0 Å². The Labute approximate surface area is 102 Å². The molecule has 96 valence electrons. The number of carbonyl (C=O) groups is 1. The van der Waals surface area contributed by atoms with Crippen molar-refractivity contribution in [1.82, 2.24) is 10.2 Å². The van der Waals surface area contributed by atoms with Gasteiger partial charge in [0.1, 0.15) is 0 Å². The van der Waals surface area contributed by atoms with Gasteiger partial charge in [0.25, 0.3) is 0 Å². The third-order valence-corrected chi connectivity index (χ3v) is 2.88. The van der Waals surface area contributed by atoms with Crippen LogP contribution in [0, 0.1) is 12.8 Å². The van der Waals surface area contributed by atoms with Gasteiger partial charge in [-0.3, -0.25) is 9.89 Å². The Hall–Kier alpha value is -1.52. The Bertz CT molecular complexity index is 367. The number of aromatic amines is 1. The SMILES string of the molecule is CCCC(CCC)C(=O)Nc1n[nH]c(C)c1N. The molecule has 0 bridgehead atoms. The molecule has 0 saturated heterocycles. The molecule has 1 rings (SSSR count). The highest BCUT2D eigenvalue weighted by Gasteiger charge is 2.18. The van der Waals surface area contributed by atoms with Crippen molar-refractivity contribution in [2.45, 2.75) is 46.5 Å². The number of amides is 1. The molecular formula is C12H22N4O. The third kappa shape index (κ3) is 3.47. The van der Waals surface area contributed by atoms with Crippen molar-refractivity contribution >= 4 is 17.4 Å². The van der Waals surface area contributed by atoms with Crippen LogP contribution < -0.4 is 11.1 Å². The molecule has 4 N–H and O–H groups in total. The summed E-state index contributed by atoms with van der Waals surface area (Å²) in [6.07, 6.45) is 3.83. The standard InChI is InChI=1S/C12H22N4O/c1-4-6-9(7-5-2)12(17)14-11-10(13)8(3)15-16-11/h9H,4-7,13H2,1-3H3,(H2,14,15,16,17). The number of hydrogen-bond acceptors (Lipinski definition) is 3. The number of nitrogens with two attached hydrogens (primary N) is 1. The first-order valence-electron chi connectivity index (χ1n) is 6.21. The van der Waals surface area contributed by atoms with E-state index in [1.807, 2.05) is 6.92 Å². The van der Waals surface area contributed by atoms with Crippen LogP contribution in [-0.2, 0) is 4.79 Å². The van der Waals surface area contributed by atoms with Crippen LogP contribution in [0.25, 0.3) is 0 Å². The van der Waals surface area contributed by atoms with Crippen molar-refractivity contribution in [3.8, 4) is 0 Å². The molecule has 0 aliphatic rings. The van der Waals surface area contributed by atoms with E-state index in [0.717, 1.165) is 31.4 Å². The molecule has 0 aromatic carbocycles. The summed E-state index contributed by atoms with van der Waals surface area (Å²) in [5.74, 6) is 0.526. The van der Waals surface area contributed by atoms with Gasteiger partial charge in [-0.05, 0) is 19.8 Å². The molecule has 0 fully saturated rings. The number of H-pyrrole nitrogens is 1. The van der Waals surface area contributed by atoms with Crippen molar-refractivity contribution in [3.63, 3.8) is 0 Å². The van der Waals surface area contributed by atoms with E-state index in [4.69, 9.17) is 5.73 Å². The summed E-state index contributed by atoms with van der Waals surface area (Å²) in [6, 6.07) is 0. The van der Waals surface area contributed by atoms with Crippen molar-refractivity contribution < 1.29 is 4.79 Å². The van der Waals surface area contributed by atoms with Gasteiger partial charge in [-0.15, -0.1) is 0 Å². The molecule has 1 aromatic rings. The first kappa shape index (κ1) is 13.5. The fourth-order valence-corrected chi connectivity index (χ4v) is 1.86. The predicted molar refractivity (Wildman–Crippen MR) is 69.7 cm³/mol. The van der Waals surface area contributed by atoms with Crippen LogP contribution in [-0.4, -0.2) is 16.1 Å². The van der Waals surface area contributed by atoms with Crippen LogP contribution in [0.2, 0.25) is 0 Å². The Morgan fingerprint density at radius 3 is 2.41 bits per heavy atom. The second-order valence-electron chi connectivity index (χ2n) is 4.37. The second-order valence-corrected chi connectivity index (χ2v) is 4.37. The number of rotatable bonds is 6. The highest BCUT2D eigenvalue weighted by atomic mass is 16.2. The zero-order chi connectivity index (χ0) is 12.8. The highest BCUT2D eigenvalue weighted by molar-refractivity contribution is 5.94. The molecule has 1 amide bonds. The van der Waals surface area contributed by atoms with E-state index in [1.54, 1.807) is 0 Å². The first-order chi connectivity index (χ1) is 8.10. The van der Waals surface area contributed by atoms with Gasteiger partial charge in [0.2, 0.25) is 5.91 Å². The largest absolute Gasteiger partial charge is 0.394 e. The Morgan fingerprint density at radius 2 is 2.00 bits per heavy atom. The third-order valence-electron chi connectivity index (χ3n) is 2.88. The smallest absolute Gasteiger partial charge is 0.228 e. The van der Waals surface area contributed by atoms with Gasteiger partial charge in [0.05, 0.1) is 11.4 Å². The van der Waals surface area contributed by atoms with Gasteiger partial charge in [-0.2, -0.15) is 5.10 Å². The lowest BCUT2D eigenvalue weighted by molar-refractivity contribution is -0.120. The minimum atomic E-state index is 0.0203. The lowest BCUT2D eigenvalue weighted by Crippen LogP contribution is -2.23. The Kier molecular flexibility index (Phi) is 5.00. The normalized spacial score (nSPS) is 10.8. The molecule has 0 saturated carbocycles. The van der Waals surface area contributed by atoms with Crippen LogP contribution in [0.1, 0.15) is 45.2 Å². The van der Waals surface area contributed by atoms with Crippen LogP contribution in [0.5, 0.6) is 0 Å². The van der Waals surface area contributed by atoms with Gasteiger partial charge in [-0.1, -0.05) is 26.7 Å². The summed E-state index contributed by atoms with van der Waals surface area (Å²) < 4.78 is 0. The molecule has 1 heterocycles. The van der Waals surface area contributed by atoms with Gasteiger partial charge in [0, 0.05) is 5.92 Å². The summed E-state index contributed by atoms with van der Waals surface area (Å²) >= 11 is 0. The van der Waals surface area contributed by atoms with Crippen LogP contribution in [0.4, 0.5) is 11.5 Å². The topological polar surface area (TPSA) is 83.8 Å². The summed E-state index contributed by atoms with van der Waals surface area (Å²) in [6.45, 7) is 6.00. The van der Waals surface area contributed by atoms with E-state index in [9.17, 15) is 4.79 Å². The molecule has 0 unspecified atom stereocenters. The number of nitrogen functional groups attached to an aromatic ring is 1. The molecule has 1 aromatic heterocycles. The van der Waals surface area contributed by atoms with E-state index >= 15 is 0 Å². The monoisotopic (exact) mass is 238 g/mol. The maximum atomic E-state index is 12.0. The van der Waals surface area contributed by atoms with E-state index in [-0.39, 0.29) is 11.8 Å². The van der Waals surface area contributed by atoms with Crippen molar-refractivity contribution in [3.05, 3.63) is 5.69 Å². The molecule has 5 heteroatoms. The lowest BCUT2D eigenvalue weighted by Gasteiger charge is -2.14. The molecule has 17 heavy (non-hydrogen) atoms. The van der Waals surface area contributed by atoms with Gasteiger partial charge in [-0.25, -0.2) is 0 Å². The van der Waals surface area contributed by atoms with E-state index < -0.39 is 0 Å². The van der Waals surface area contributed by atoms with Gasteiger partial charge < -0.3 is 11.1 Å². The van der Waals surface area contributed by atoms with Gasteiger partial charge in [0.15, 0.2) is 5.82 Å². The molecule has 0 spiro atoms. The maximum absolute atomic E-state index is 12.0. The predicted octanol–water partition coefficient (Wildman–Crippen LogP) is 2.46. The lowest BCUT2D eigenvalue weighted by atomic mass is 9.97. The quantitative estimate of drug-likeness (QED) is 0.711. The molecule has 0 aliphatic carbocycles. The fraction of sp³-hybridized carbons (Fsp3) is 0.667. The van der Waals surface area contributed by atoms with Crippen LogP contribution >= 0.6 is 0 Å². The van der Waals surface area contributed by atoms with Crippen molar-refractivity contribution in [2.75, 3.05) is 11.1 Å². The zero-order valence-electron chi connectivity index (χ0n) is 10.8. The summed E-state index contributed by atoms with van der Waals surface area (Å²) in [4.78, 5) is 12.0. The Balaban J connectivity index is 2.66. The number of nitrogens with zero attached hydrogens (tertiary/aromatic N) is 1. The minimum absolute atomic E-state index is 0.0203. The average molecular weight is 238 g/mol. The molecule has 5 nitrogen and oxygen atoms in total. The number of aryl methyl sites for hydroxylation is 1. The zero-order valence-corrected chi connectivity index (χ0v) is 10.8. The van der Waals surface area contributed by atoms with Crippen molar-refractivity contribution in [2.24, 2.45) is 5.92 Å². The first-order valence-corrected chi connectivity index (χ1v) is 6.21. The molecular weight excluding hydrogens is 216 g/mol. The highest BCUT2D eigenvalue weighted by Crippen LogP contribution is 2.21. The summed E-state index contributed by atoms with van der Waals surface area (Å²) in [7, 11) is 0. The fourth-order valence-electron chi connectivity index (χ4n) is 1.86. The van der Waals surface area contributed by atoms with Crippen molar-refractivity contribution in [1.29, 1.82) is 0 Å². The number of anilines is 2. The number of hydrogen-bond donors (Lipinski definition) is 3. The number of carbonyl (C=O) groups excluding carboxylic acids is 1. The van der Waals surface area contributed by atoms with E-state index in [2.05, 4.69) is 29.4 Å². The molecule has 0 aliphatic heterocycles. The van der Waals surface area contributed by atoms with E-state index in [0.29, 0.717) is 11.5 Å². The summed E-state index contributed by atoms with van der Waals surface area (Å²) in [5, 5.41) is 9.53. The van der Waals surface area contributed by atoms with Gasteiger partial charge >= 0.3 is 0 Å². The average Bonchev–Trinajstić information content (AvgIpc) is 2.61. The minimum Gasteiger partial charge on any atom is -0.394 e. The Morgan fingerprint density at radius 1 is 1.41 bits per heavy atom. The summed E-state index contributed by atoms with van der Waals surface area (Å²) in [5.41, 5.74) is 7.09. The number of nitrogens with one attached hydrogen (secondary N) is 2. The maximum Gasteiger partial charge on any atom is 0.228 e. The van der Waals surface area contributed by atoms with Crippen LogP contribution in [0.15, 0.2) is 0 Å². The number of aromatic nitrogens is 2. The second kappa shape index (κ2) is 6.27. The van der Waals surface area contributed by atoms with E-state index in [1.165, 1.54) is 0 Å². The molecule has 0 radical (unpaired) electrons.